The van der Waals surface area contributed by atoms with E-state index in [0.29, 0.717) is 33.6 Å². The molecule has 1 fully saturated rings. The molecule has 1 aliphatic heterocycles. The number of benzene rings is 2. The van der Waals surface area contributed by atoms with E-state index in [1.165, 1.54) is 11.3 Å². The minimum atomic E-state index is -0.556. The van der Waals surface area contributed by atoms with Gasteiger partial charge in [0.05, 0.1) is 16.9 Å². The molecule has 2 amide bonds. The first-order valence-corrected chi connectivity index (χ1v) is 10.7. The van der Waals surface area contributed by atoms with Gasteiger partial charge in [-0.15, -0.1) is 11.3 Å². The maximum Gasteiger partial charge on any atom is 0.266 e. The molecule has 2 heterocycles. The van der Waals surface area contributed by atoms with Crippen molar-refractivity contribution in [2.24, 2.45) is 0 Å². The zero-order chi connectivity index (χ0) is 20.4. The van der Waals surface area contributed by atoms with Gasteiger partial charge >= 0.3 is 0 Å². The molecule has 0 aliphatic carbocycles. The van der Waals surface area contributed by atoms with Gasteiger partial charge in [0.25, 0.3) is 5.91 Å². The predicted octanol–water partition coefficient (Wildman–Crippen LogP) is 5.36. The highest BCUT2D eigenvalue weighted by molar-refractivity contribution is 7.16. The molecule has 0 spiro atoms. The summed E-state index contributed by atoms with van der Waals surface area (Å²) >= 11 is 13.5. The summed E-state index contributed by atoms with van der Waals surface area (Å²) in [5.41, 5.74) is 1.40. The molecule has 0 unspecified atom stereocenters. The third-order valence-electron chi connectivity index (χ3n) is 4.74. The van der Waals surface area contributed by atoms with Crippen LogP contribution in [0, 0.1) is 0 Å². The first-order valence-electron chi connectivity index (χ1n) is 9.11. The predicted molar refractivity (Wildman–Crippen MR) is 117 cm³/mol. The zero-order valence-corrected chi connectivity index (χ0v) is 17.6. The van der Waals surface area contributed by atoms with E-state index in [9.17, 15) is 9.59 Å². The van der Waals surface area contributed by atoms with E-state index in [1.807, 2.05) is 30.3 Å². The fraction of sp³-hybridized carbons (Fsp3) is 0.190. The van der Waals surface area contributed by atoms with Crippen LogP contribution in [0.25, 0.3) is 10.6 Å². The molecule has 1 aliphatic rings. The average molecular weight is 446 g/mol. The van der Waals surface area contributed by atoms with Crippen molar-refractivity contribution in [2.75, 3.05) is 11.9 Å². The van der Waals surface area contributed by atoms with Gasteiger partial charge in [-0.25, -0.2) is 4.98 Å². The number of hydrogen-bond acceptors (Lipinski definition) is 4. The number of anilines is 1. The Hall–Kier alpha value is -2.41. The van der Waals surface area contributed by atoms with E-state index in [4.69, 9.17) is 23.2 Å². The second-order valence-electron chi connectivity index (χ2n) is 6.67. The van der Waals surface area contributed by atoms with Crippen LogP contribution in [-0.4, -0.2) is 34.3 Å². The first kappa shape index (κ1) is 19.9. The molecule has 0 saturated carbocycles. The molecule has 4 rings (SSSR count). The number of hydrogen-bond donors (Lipinski definition) is 1. The number of carbonyl (C=O) groups excluding carboxylic acids is 2. The molecule has 5 nitrogen and oxygen atoms in total. The van der Waals surface area contributed by atoms with Crippen molar-refractivity contribution < 1.29 is 9.59 Å². The Labute approximate surface area is 182 Å². The third kappa shape index (κ3) is 4.29. The fourth-order valence-corrected chi connectivity index (χ4v) is 4.53. The molecule has 2 aromatic carbocycles. The van der Waals surface area contributed by atoms with Gasteiger partial charge in [0.1, 0.15) is 15.9 Å². The number of nitrogens with one attached hydrogen (secondary N) is 1. The van der Waals surface area contributed by atoms with Crippen LogP contribution in [0.5, 0.6) is 0 Å². The topological polar surface area (TPSA) is 62.3 Å². The lowest BCUT2D eigenvalue weighted by Crippen LogP contribution is -2.43. The molecule has 148 valence electrons. The van der Waals surface area contributed by atoms with Crippen molar-refractivity contribution in [1.82, 2.24) is 9.88 Å². The number of rotatable bonds is 4. The Morgan fingerprint density at radius 2 is 1.93 bits per heavy atom. The average Bonchev–Trinajstić information content (AvgIpc) is 3.41. The number of halogens is 2. The lowest BCUT2D eigenvalue weighted by molar-refractivity contribution is -0.119. The standard InChI is InChI=1S/C21H17Cl2N3O2S/c22-14-8-9-15(23)16(11-14)25-19(27)17-7-4-10-26(17)21(28)18-12-24-20(29-18)13-5-2-1-3-6-13/h1-3,5-6,8-9,11-12,17H,4,7,10H2,(H,25,27)/t17-/m0/s1. The summed E-state index contributed by atoms with van der Waals surface area (Å²) < 4.78 is 0. The van der Waals surface area contributed by atoms with Crippen LogP contribution in [-0.2, 0) is 4.79 Å². The van der Waals surface area contributed by atoms with Gasteiger partial charge in [-0.2, -0.15) is 0 Å². The summed E-state index contributed by atoms with van der Waals surface area (Å²) in [6.45, 7) is 0.527. The van der Waals surface area contributed by atoms with Gasteiger partial charge in [-0.3, -0.25) is 9.59 Å². The number of likely N-dealkylation sites (tertiary alicyclic amines) is 1. The first-order chi connectivity index (χ1) is 14.0. The van der Waals surface area contributed by atoms with Gasteiger partial charge in [-0.1, -0.05) is 53.5 Å². The van der Waals surface area contributed by atoms with Gasteiger partial charge < -0.3 is 10.2 Å². The molecule has 3 aromatic rings. The Kier molecular flexibility index (Phi) is 5.85. The van der Waals surface area contributed by atoms with E-state index >= 15 is 0 Å². The highest BCUT2D eigenvalue weighted by Gasteiger charge is 2.35. The monoisotopic (exact) mass is 445 g/mol. The van der Waals surface area contributed by atoms with E-state index < -0.39 is 6.04 Å². The number of aromatic nitrogens is 1. The number of amides is 2. The van der Waals surface area contributed by atoms with Crippen molar-refractivity contribution >= 4 is 52.0 Å². The summed E-state index contributed by atoms with van der Waals surface area (Å²) in [4.78, 5) is 32.4. The summed E-state index contributed by atoms with van der Waals surface area (Å²) in [5.74, 6) is -0.452. The normalized spacial score (nSPS) is 16.1. The summed E-state index contributed by atoms with van der Waals surface area (Å²) in [6.07, 6.45) is 2.94. The largest absolute Gasteiger partial charge is 0.326 e. The fourth-order valence-electron chi connectivity index (χ4n) is 3.32. The molecule has 1 aromatic heterocycles. The maximum atomic E-state index is 13.0. The minimum absolute atomic E-state index is 0.181. The van der Waals surface area contributed by atoms with Crippen molar-refractivity contribution in [1.29, 1.82) is 0 Å². The quantitative estimate of drug-likeness (QED) is 0.587. The molecule has 29 heavy (non-hydrogen) atoms. The van der Waals surface area contributed by atoms with Crippen molar-refractivity contribution in [3.63, 3.8) is 0 Å². The van der Waals surface area contributed by atoms with Crippen molar-refractivity contribution in [3.8, 4) is 10.6 Å². The molecule has 1 atom stereocenters. The number of thiazole rings is 1. The second-order valence-corrected chi connectivity index (χ2v) is 8.54. The maximum absolute atomic E-state index is 13.0. The lowest BCUT2D eigenvalue weighted by atomic mass is 10.2. The SMILES string of the molecule is O=C(Nc1cc(Cl)ccc1Cl)[C@@H]1CCCN1C(=O)c1cnc(-c2ccccc2)s1. The van der Waals surface area contributed by atoms with Crippen LogP contribution >= 0.6 is 34.5 Å². The van der Waals surface area contributed by atoms with Crippen LogP contribution in [0.4, 0.5) is 5.69 Å². The van der Waals surface area contributed by atoms with E-state index in [0.717, 1.165) is 17.0 Å². The van der Waals surface area contributed by atoms with Crippen LogP contribution in [0.2, 0.25) is 10.0 Å². The van der Waals surface area contributed by atoms with E-state index in [2.05, 4.69) is 10.3 Å². The van der Waals surface area contributed by atoms with Gasteiger partial charge in [0.2, 0.25) is 5.91 Å². The Morgan fingerprint density at radius 1 is 1.14 bits per heavy atom. The highest BCUT2D eigenvalue weighted by atomic mass is 35.5. The minimum Gasteiger partial charge on any atom is -0.326 e. The molecular weight excluding hydrogens is 429 g/mol. The van der Waals surface area contributed by atoms with Gasteiger partial charge in [-0.05, 0) is 31.0 Å². The van der Waals surface area contributed by atoms with E-state index in [-0.39, 0.29) is 11.8 Å². The summed E-state index contributed by atoms with van der Waals surface area (Å²) in [6, 6.07) is 14.0. The Morgan fingerprint density at radius 3 is 2.72 bits per heavy atom. The molecule has 0 bridgehead atoms. The van der Waals surface area contributed by atoms with Crippen LogP contribution in [0.3, 0.4) is 0 Å². The molecule has 1 saturated heterocycles. The zero-order valence-electron chi connectivity index (χ0n) is 15.3. The summed E-state index contributed by atoms with van der Waals surface area (Å²) in [7, 11) is 0. The molecular formula is C21H17Cl2N3O2S. The number of carbonyl (C=O) groups is 2. The van der Waals surface area contributed by atoms with Gasteiger partial charge in [0.15, 0.2) is 0 Å². The highest BCUT2D eigenvalue weighted by Crippen LogP contribution is 2.30. The van der Waals surface area contributed by atoms with Crippen molar-refractivity contribution in [3.05, 3.63) is 69.7 Å². The second kappa shape index (κ2) is 8.53. The van der Waals surface area contributed by atoms with Gasteiger partial charge in [0, 0.05) is 17.1 Å². The Balaban J connectivity index is 1.51. The van der Waals surface area contributed by atoms with Crippen LogP contribution in [0.15, 0.2) is 54.7 Å². The third-order valence-corrected chi connectivity index (χ3v) is 6.34. The van der Waals surface area contributed by atoms with Crippen LogP contribution < -0.4 is 5.32 Å². The smallest absolute Gasteiger partial charge is 0.266 e. The Bertz CT molecular complexity index is 1060. The number of nitrogens with zero attached hydrogens (tertiary/aromatic N) is 2. The molecule has 8 heteroatoms. The molecule has 0 radical (unpaired) electrons. The van der Waals surface area contributed by atoms with E-state index in [1.54, 1.807) is 29.3 Å². The molecule has 1 N–H and O–H groups in total. The lowest BCUT2D eigenvalue weighted by Gasteiger charge is -2.23. The van der Waals surface area contributed by atoms with Crippen molar-refractivity contribution in [2.45, 2.75) is 18.9 Å². The van der Waals surface area contributed by atoms with Crippen LogP contribution in [0.1, 0.15) is 22.5 Å². The summed E-state index contributed by atoms with van der Waals surface area (Å²) in [5, 5.41) is 4.45.